The maximum atomic E-state index is 12.2. The van der Waals surface area contributed by atoms with Crippen molar-refractivity contribution >= 4 is 23.2 Å². The van der Waals surface area contributed by atoms with Crippen LogP contribution in [-0.4, -0.2) is 52.0 Å². The third-order valence-electron chi connectivity index (χ3n) is 4.59. The Morgan fingerprint density at radius 1 is 1.38 bits per heavy atom. The Kier molecular flexibility index (Phi) is 3.95. The van der Waals surface area contributed by atoms with E-state index >= 15 is 0 Å². The van der Waals surface area contributed by atoms with Crippen molar-refractivity contribution in [1.29, 1.82) is 0 Å². The number of aromatic nitrogens is 1. The number of carboxylic acid groups (broad SMARTS) is 1. The van der Waals surface area contributed by atoms with Crippen molar-refractivity contribution in [3.05, 3.63) is 16.1 Å². The molecule has 1 aromatic rings. The van der Waals surface area contributed by atoms with Gasteiger partial charge in [0, 0.05) is 23.5 Å². The molecule has 114 valence electrons. The molecule has 0 aromatic carbocycles. The lowest BCUT2D eigenvalue weighted by Crippen LogP contribution is -2.55. The van der Waals surface area contributed by atoms with Crippen LogP contribution in [-0.2, 0) is 0 Å². The molecule has 2 bridgehead atoms. The third kappa shape index (κ3) is 2.94. The van der Waals surface area contributed by atoms with E-state index in [2.05, 4.69) is 22.2 Å². The number of amides is 1. The maximum Gasteiger partial charge on any atom is 0.355 e. The number of thiazole rings is 1. The largest absolute Gasteiger partial charge is 0.476 e. The third-order valence-corrected chi connectivity index (χ3v) is 5.43. The number of nitrogens with zero attached hydrogens (tertiary/aromatic N) is 2. The number of hydrogen-bond donors (Lipinski definition) is 2. The molecule has 6 nitrogen and oxygen atoms in total. The van der Waals surface area contributed by atoms with Gasteiger partial charge < -0.3 is 15.3 Å². The van der Waals surface area contributed by atoms with Gasteiger partial charge in [0.05, 0.1) is 0 Å². The SMILES string of the molecule is CN1C2CCCC1CC(NC(=O)c1nc(C(=O)O)cs1)C2. The zero-order valence-electron chi connectivity index (χ0n) is 11.9. The number of piperidine rings is 2. The van der Waals surface area contributed by atoms with Crippen LogP contribution < -0.4 is 5.32 Å². The molecule has 7 heteroatoms. The van der Waals surface area contributed by atoms with Crippen LogP contribution in [0.5, 0.6) is 0 Å². The fourth-order valence-electron chi connectivity index (χ4n) is 3.46. The second-order valence-corrected chi connectivity index (χ2v) is 6.75. The predicted octanol–water partition coefficient (Wildman–Crippen LogP) is 1.59. The number of carbonyl (C=O) groups excluding carboxylic acids is 1. The molecular weight excluding hydrogens is 290 g/mol. The second kappa shape index (κ2) is 5.73. The summed E-state index contributed by atoms with van der Waals surface area (Å²) in [5.41, 5.74) is -0.0644. The first-order valence-corrected chi connectivity index (χ1v) is 8.14. The molecule has 2 aliphatic heterocycles. The van der Waals surface area contributed by atoms with Crippen LogP contribution in [0.2, 0.25) is 0 Å². The van der Waals surface area contributed by atoms with Gasteiger partial charge in [-0.05, 0) is 32.7 Å². The first-order valence-electron chi connectivity index (χ1n) is 7.26. The summed E-state index contributed by atoms with van der Waals surface area (Å²) >= 11 is 1.08. The van der Waals surface area contributed by atoms with Crippen LogP contribution in [0.3, 0.4) is 0 Å². The second-order valence-electron chi connectivity index (χ2n) is 5.89. The summed E-state index contributed by atoms with van der Waals surface area (Å²) in [7, 11) is 2.17. The number of nitrogens with one attached hydrogen (secondary N) is 1. The molecule has 2 N–H and O–H groups in total. The number of aromatic carboxylic acids is 1. The molecule has 0 saturated carbocycles. The van der Waals surface area contributed by atoms with Crippen LogP contribution in [0.4, 0.5) is 0 Å². The Hall–Kier alpha value is -1.47. The first-order chi connectivity index (χ1) is 10.0. The summed E-state index contributed by atoms with van der Waals surface area (Å²) in [6, 6.07) is 1.27. The molecule has 2 unspecified atom stereocenters. The number of carbonyl (C=O) groups is 2. The molecule has 2 saturated heterocycles. The molecule has 3 heterocycles. The highest BCUT2D eigenvalue weighted by atomic mass is 32.1. The number of fused-ring (bicyclic) bond motifs is 2. The minimum absolute atomic E-state index is 0.0644. The molecule has 1 amide bonds. The fourth-order valence-corrected chi connectivity index (χ4v) is 4.15. The van der Waals surface area contributed by atoms with Gasteiger partial charge in [0.1, 0.15) is 0 Å². The number of rotatable bonds is 3. The van der Waals surface area contributed by atoms with Crippen LogP contribution in [0.25, 0.3) is 0 Å². The zero-order valence-corrected chi connectivity index (χ0v) is 12.7. The predicted molar refractivity (Wildman–Crippen MR) is 78.8 cm³/mol. The lowest BCUT2D eigenvalue weighted by atomic mass is 9.82. The summed E-state index contributed by atoms with van der Waals surface area (Å²) in [4.78, 5) is 29.3. The number of hydrogen-bond acceptors (Lipinski definition) is 5. The van der Waals surface area contributed by atoms with Gasteiger partial charge >= 0.3 is 5.97 Å². The molecule has 0 spiro atoms. The van der Waals surface area contributed by atoms with Crippen molar-refractivity contribution < 1.29 is 14.7 Å². The lowest BCUT2D eigenvalue weighted by molar-refractivity contribution is 0.0463. The normalized spacial score (nSPS) is 29.1. The molecule has 0 aliphatic carbocycles. The highest BCUT2D eigenvalue weighted by Gasteiger charge is 2.36. The average molecular weight is 309 g/mol. The Balaban J connectivity index is 1.63. The van der Waals surface area contributed by atoms with E-state index in [1.165, 1.54) is 24.6 Å². The van der Waals surface area contributed by atoms with Crippen molar-refractivity contribution in [3.63, 3.8) is 0 Å². The fraction of sp³-hybridized carbons (Fsp3) is 0.643. The summed E-state index contributed by atoms with van der Waals surface area (Å²) in [5.74, 6) is -1.35. The van der Waals surface area contributed by atoms with E-state index in [-0.39, 0.29) is 22.7 Å². The minimum Gasteiger partial charge on any atom is -0.476 e. The van der Waals surface area contributed by atoms with Crippen molar-refractivity contribution in [2.45, 2.75) is 50.2 Å². The summed E-state index contributed by atoms with van der Waals surface area (Å²) in [6.45, 7) is 0. The quantitative estimate of drug-likeness (QED) is 0.886. The van der Waals surface area contributed by atoms with E-state index in [4.69, 9.17) is 5.11 Å². The van der Waals surface area contributed by atoms with Gasteiger partial charge in [-0.2, -0.15) is 0 Å². The van der Waals surface area contributed by atoms with E-state index in [1.54, 1.807) is 0 Å². The van der Waals surface area contributed by atoms with Gasteiger partial charge in [0.15, 0.2) is 10.7 Å². The molecule has 2 aliphatic rings. The van der Waals surface area contributed by atoms with Gasteiger partial charge in [-0.3, -0.25) is 4.79 Å². The van der Waals surface area contributed by atoms with Gasteiger partial charge in [0.25, 0.3) is 5.91 Å². The van der Waals surface area contributed by atoms with Gasteiger partial charge in [-0.1, -0.05) is 6.42 Å². The standard InChI is InChI=1S/C14H19N3O3S/c1-17-9-3-2-4-10(17)6-8(5-9)15-12(18)13-16-11(7-21-13)14(19)20/h7-10H,2-6H2,1H3,(H,15,18)(H,19,20). The number of carboxylic acids is 1. The smallest absolute Gasteiger partial charge is 0.355 e. The minimum atomic E-state index is -1.10. The Morgan fingerprint density at radius 2 is 2.05 bits per heavy atom. The highest BCUT2D eigenvalue weighted by molar-refractivity contribution is 7.11. The zero-order chi connectivity index (χ0) is 15.0. The van der Waals surface area contributed by atoms with Crippen molar-refractivity contribution in [1.82, 2.24) is 15.2 Å². The van der Waals surface area contributed by atoms with E-state index in [1.807, 2.05) is 0 Å². The van der Waals surface area contributed by atoms with Crippen molar-refractivity contribution in [2.24, 2.45) is 0 Å². The maximum absolute atomic E-state index is 12.2. The van der Waals surface area contributed by atoms with Crippen LogP contribution >= 0.6 is 11.3 Å². The van der Waals surface area contributed by atoms with Gasteiger partial charge in [-0.15, -0.1) is 11.3 Å². The summed E-state index contributed by atoms with van der Waals surface area (Å²) in [5, 5.41) is 13.5. The van der Waals surface area contributed by atoms with Crippen molar-refractivity contribution in [2.75, 3.05) is 7.05 Å². The Bertz CT molecular complexity index is 545. The summed E-state index contributed by atoms with van der Waals surface area (Å²) < 4.78 is 0. The molecule has 2 atom stereocenters. The molecule has 3 rings (SSSR count). The van der Waals surface area contributed by atoms with Crippen LogP contribution in [0.15, 0.2) is 5.38 Å². The molecule has 0 radical (unpaired) electrons. The molecule has 21 heavy (non-hydrogen) atoms. The molecule has 1 aromatic heterocycles. The molecule has 2 fully saturated rings. The Labute approximate surface area is 127 Å². The lowest BCUT2D eigenvalue weighted by Gasteiger charge is -2.47. The highest BCUT2D eigenvalue weighted by Crippen LogP contribution is 2.32. The first kappa shape index (κ1) is 14.5. The van der Waals surface area contributed by atoms with E-state index in [0.29, 0.717) is 12.1 Å². The summed E-state index contributed by atoms with van der Waals surface area (Å²) in [6.07, 6.45) is 5.60. The van der Waals surface area contributed by atoms with Gasteiger partial charge in [-0.25, -0.2) is 9.78 Å². The van der Waals surface area contributed by atoms with Gasteiger partial charge in [0.2, 0.25) is 0 Å². The molecular formula is C14H19N3O3S. The van der Waals surface area contributed by atoms with Crippen molar-refractivity contribution in [3.8, 4) is 0 Å². The monoisotopic (exact) mass is 309 g/mol. The topological polar surface area (TPSA) is 82.5 Å². The van der Waals surface area contributed by atoms with E-state index in [0.717, 1.165) is 24.2 Å². The van der Waals surface area contributed by atoms with E-state index in [9.17, 15) is 9.59 Å². The Morgan fingerprint density at radius 3 is 2.62 bits per heavy atom. The average Bonchev–Trinajstić information content (AvgIpc) is 2.90. The van der Waals surface area contributed by atoms with Crippen LogP contribution in [0.1, 0.15) is 52.4 Å². The van der Waals surface area contributed by atoms with Crippen LogP contribution in [0, 0.1) is 0 Å². The van der Waals surface area contributed by atoms with E-state index < -0.39 is 5.97 Å².